The summed E-state index contributed by atoms with van der Waals surface area (Å²) in [4.78, 5) is 28.0. The predicted octanol–water partition coefficient (Wildman–Crippen LogP) is 5.23. The van der Waals surface area contributed by atoms with Gasteiger partial charge in [-0.25, -0.2) is 9.37 Å². The number of hydrogen-bond acceptors (Lipinski definition) is 7. The monoisotopic (exact) mass is 477 g/mol. The number of phenolic OH excluding ortho intramolecular Hbond substituents is 1. The van der Waals surface area contributed by atoms with E-state index in [2.05, 4.69) is 15.6 Å². The summed E-state index contributed by atoms with van der Waals surface area (Å²) in [6.07, 6.45) is 2.49. The Morgan fingerprint density at radius 1 is 1.15 bits per heavy atom. The van der Waals surface area contributed by atoms with Crippen LogP contribution in [-0.2, 0) is 6.54 Å². The second-order valence-corrected chi connectivity index (χ2v) is 8.37. The van der Waals surface area contributed by atoms with Crippen molar-refractivity contribution in [2.45, 2.75) is 6.54 Å². The summed E-state index contributed by atoms with van der Waals surface area (Å²) < 4.78 is 18.8. The molecule has 0 bridgehead atoms. The Hall–Kier alpha value is -4.08. The van der Waals surface area contributed by atoms with E-state index in [9.17, 15) is 14.0 Å². The molecule has 0 spiro atoms. The van der Waals surface area contributed by atoms with Crippen molar-refractivity contribution in [1.29, 1.82) is 0 Å². The summed E-state index contributed by atoms with van der Waals surface area (Å²) >= 11 is 1.50. The molecule has 9 heteroatoms. The first-order chi connectivity index (χ1) is 16.5. The van der Waals surface area contributed by atoms with E-state index in [4.69, 9.17) is 9.84 Å². The minimum atomic E-state index is -0.622. The van der Waals surface area contributed by atoms with Crippen LogP contribution < -0.4 is 15.4 Å². The van der Waals surface area contributed by atoms with Crippen LogP contribution in [0, 0.1) is 5.82 Å². The summed E-state index contributed by atoms with van der Waals surface area (Å²) in [5, 5.41) is 15.6. The number of phenols is 1. The molecule has 1 amide bonds. The lowest BCUT2D eigenvalue weighted by Crippen LogP contribution is -2.10. The zero-order valence-corrected chi connectivity index (χ0v) is 18.9. The minimum Gasteiger partial charge on any atom is -0.505 e. The van der Waals surface area contributed by atoms with Gasteiger partial charge in [-0.15, -0.1) is 11.3 Å². The van der Waals surface area contributed by atoms with Crippen LogP contribution in [0.25, 0.3) is 10.6 Å². The van der Waals surface area contributed by atoms with Crippen molar-refractivity contribution in [2.24, 2.45) is 0 Å². The van der Waals surface area contributed by atoms with Gasteiger partial charge in [0.15, 0.2) is 17.3 Å². The van der Waals surface area contributed by atoms with Gasteiger partial charge in [-0.3, -0.25) is 9.59 Å². The number of benzene rings is 3. The molecule has 1 aliphatic heterocycles. The number of carbonyl (C=O) groups excluding carboxylic acids is 2. The number of amides is 1. The summed E-state index contributed by atoms with van der Waals surface area (Å²) in [6, 6.07) is 16.2. The fourth-order valence-corrected chi connectivity index (χ4v) is 4.12. The number of nitrogens with one attached hydrogen (secondary N) is 2. The van der Waals surface area contributed by atoms with Gasteiger partial charge in [0.1, 0.15) is 17.0 Å². The Balaban J connectivity index is 0.000000162. The third kappa shape index (κ3) is 5.11. The highest BCUT2D eigenvalue weighted by atomic mass is 32.1. The van der Waals surface area contributed by atoms with Gasteiger partial charge in [-0.05, 0) is 55.6 Å². The number of carbonyl (C=O) groups is 2. The highest BCUT2D eigenvalue weighted by Crippen LogP contribution is 2.35. The largest absolute Gasteiger partial charge is 0.505 e. The molecule has 0 radical (unpaired) electrons. The summed E-state index contributed by atoms with van der Waals surface area (Å²) in [6.45, 7) is 0.748. The van der Waals surface area contributed by atoms with E-state index in [0.29, 0.717) is 33.9 Å². The summed E-state index contributed by atoms with van der Waals surface area (Å²) in [5.74, 6) is -0.169. The number of thiazole rings is 1. The molecule has 0 aliphatic carbocycles. The van der Waals surface area contributed by atoms with E-state index >= 15 is 0 Å². The Morgan fingerprint density at radius 2 is 1.97 bits per heavy atom. The number of rotatable bonds is 4. The van der Waals surface area contributed by atoms with Crippen molar-refractivity contribution in [2.75, 3.05) is 12.4 Å². The third-order valence-corrected chi connectivity index (χ3v) is 5.89. The van der Waals surface area contributed by atoms with Gasteiger partial charge in [0.2, 0.25) is 0 Å². The molecule has 1 aromatic heterocycles. The molecule has 0 atom stereocenters. The Morgan fingerprint density at radius 3 is 2.74 bits per heavy atom. The first-order valence-electron chi connectivity index (χ1n) is 10.2. The SMILES string of the molecule is CNCc1cnc(-c2ccc(O)c(F)c2)s1.O=Cc1ccc2c(c1)NC(=O)c1ccccc1O2. The zero-order chi connectivity index (χ0) is 24.1. The van der Waals surface area contributed by atoms with E-state index in [1.54, 1.807) is 54.7 Å². The number of para-hydroxylation sites is 1. The van der Waals surface area contributed by atoms with E-state index in [1.165, 1.54) is 23.5 Å². The van der Waals surface area contributed by atoms with E-state index in [1.807, 2.05) is 7.05 Å². The molecular formula is C25H20FN3O4S. The molecule has 0 saturated heterocycles. The molecule has 3 aromatic carbocycles. The molecule has 0 unspecified atom stereocenters. The van der Waals surface area contributed by atoms with Gasteiger partial charge in [0.25, 0.3) is 5.91 Å². The maximum atomic E-state index is 13.1. The predicted molar refractivity (Wildman–Crippen MR) is 128 cm³/mol. The van der Waals surface area contributed by atoms with Crippen molar-refractivity contribution in [3.63, 3.8) is 0 Å². The van der Waals surface area contributed by atoms with Crippen LogP contribution >= 0.6 is 11.3 Å². The van der Waals surface area contributed by atoms with Crippen molar-refractivity contribution < 1.29 is 23.8 Å². The van der Waals surface area contributed by atoms with Crippen molar-refractivity contribution in [1.82, 2.24) is 10.3 Å². The van der Waals surface area contributed by atoms with Gasteiger partial charge in [0.05, 0.1) is 11.3 Å². The zero-order valence-electron chi connectivity index (χ0n) is 18.0. The summed E-state index contributed by atoms with van der Waals surface area (Å²) in [5.41, 5.74) is 2.15. The quantitative estimate of drug-likeness (QED) is 0.348. The van der Waals surface area contributed by atoms with Crippen LogP contribution in [0.4, 0.5) is 10.1 Å². The number of anilines is 1. The van der Waals surface area contributed by atoms with E-state index in [-0.39, 0.29) is 11.7 Å². The molecule has 4 aromatic rings. The second-order valence-electron chi connectivity index (χ2n) is 7.25. The van der Waals surface area contributed by atoms with Gasteiger partial charge < -0.3 is 20.5 Å². The molecule has 5 rings (SSSR count). The van der Waals surface area contributed by atoms with Gasteiger partial charge in [-0.2, -0.15) is 0 Å². The van der Waals surface area contributed by atoms with Crippen LogP contribution in [0.15, 0.2) is 66.9 Å². The van der Waals surface area contributed by atoms with Gasteiger partial charge >= 0.3 is 0 Å². The molecule has 172 valence electrons. The van der Waals surface area contributed by atoms with Crippen LogP contribution in [0.2, 0.25) is 0 Å². The number of halogens is 1. The Bertz CT molecular complexity index is 1360. The van der Waals surface area contributed by atoms with Gasteiger partial charge in [0, 0.05) is 28.7 Å². The standard InChI is InChI=1S/C14H9NO3.C11H11FN2OS/c16-8-9-5-6-13-11(7-9)15-14(17)10-3-1-2-4-12(10)18-13;1-13-5-8-6-14-11(16-8)7-2-3-10(15)9(12)4-7/h1-8H,(H,15,17);2-4,6,13,15H,5H2,1H3. The number of aldehydes is 1. The number of nitrogens with zero attached hydrogens (tertiary/aromatic N) is 1. The molecule has 2 heterocycles. The van der Waals surface area contributed by atoms with E-state index < -0.39 is 5.82 Å². The molecule has 0 fully saturated rings. The lowest BCUT2D eigenvalue weighted by Gasteiger charge is -2.07. The van der Waals surface area contributed by atoms with Crippen LogP contribution in [0.3, 0.4) is 0 Å². The third-order valence-electron chi connectivity index (χ3n) is 4.84. The Kier molecular flexibility index (Phi) is 6.95. The second kappa shape index (κ2) is 10.2. The molecule has 7 nitrogen and oxygen atoms in total. The van der Waals surface area contributed by atoms with Crippen molar-refractivity contribution in [3.05, 3.63) is 88.7 Å². The maximum absolute atomic E-state index is 13.1. The smallest absolute Gasteiger partial charge is 0.259 e. The van der Waals surface area contributed by atoms with Crippen molar-refractivity contribution >= 4 is 29.2 Å². The molecule has 0 saturated carbocycles. The number of aromatic hydroxyl groups is 1. The van der Waals surface area contributed by atoms with Crippen LogP contribution in [0.1, 0.15) is 25.6 Å². The Labute approximate surface area is 198 Å². The first-order valence-corrected chi connectivity index (χ1v) is 11.1. The fourth-order valence-electron chi connectivity index (χ4n) is 3.20. The normalized spacial score (nSPS) is 11.6. The van der Waals surface area contributed by atoms with Crippen molar-refractivity contribution in [3.8, 4) is 27.8 Å². The minimum absolute atomic E-state index is 0.243. The maximum Gasteiger partial charge on any atom is 0.259 e. The average molecular weight is 478 g/mol. The molecule has 3 N–H and O–H groups in total. The van der Waals surface area contributed by atoms with Crippen LogP contribution in [0.5, 0.6) is 17.2 Å². The topological polar surface area (TPSA) is 101 Å². The lowest BCUT2D eigenvalue weighted by atomic mass is 10.2. The number of aromatic nitrogens is 1. The highest BCUT2D eigenvalue weighted by molar-refractivity contribution is 7.15. The number of ether oxygens (including phenoxy) is 1. The molecular weight excluding hydrogens is 457 g/mol. The van der Waals surface area contributed by atoms with E-state index in [0.717, 1.165) is 22.7 Å². The first kappa shape index (κ1) is 23.1. The average Bonchev–Trinajstić information content (AvgIpc) is 3.26. The van der Waals surface area contributed by atoms with Crippen LogP contribution in [-0.4, -0.2) is 29.3 Å². The lowest BCUT2D eigenvalue weighted by molar-refractivity contribution is 0.102. The highest BCUT2D eigenvalue weighted by Gasteiger charge is 2.20. The fraction of sp³-hybridized carbons (Fsp3) is 0.0800. The van der Waals surface area contributed by atoms with Gasteiger partial charge in [-0.1, -0.05) is 12.1 Å². The number of fused-ring (bicyclic) bond motifs is 2. The molecule has 34 heavy (non-hydrogen) atoms. The molecule has 1 aliphatic rings. The number of hydrogen-bond donors (Lipinski definition) is 3. The summed E-state index contributed by atoms with van der Waals surface area (Å²) in [7, 11) is 1.86.